The number of amides is 1. The summed E-state index contributed by atoms with van der Waals surface area (Å²) in [5.41, 5.74) is 1.19. The van der Waals surface area contributed by atoms with E-state index < -0.39 is 0 Å². The third kappa shape index (κ3) is 2.30. The molecule has 1 amide bonds. The van der Waals surface area contributed by atoms with Crippen molar-refractivity contribution in [3.05, 3.63) is 27.2 Å². The van der Waals surface area contributed by atoms with E-state index in [-0.39, 0.29) is 11.8 Å². The lowest BCUT2D eigenvalue weighted by Crippen LogP contribution is -2.27. The van der Waals surface area contributed by atoms with Gasteiger partial charge in [-0.3, -0.25) is 4.79 Å². The second kappa shape index (κ2) is 4.78. The minimum Gasteiger partial charge on any atom is -0.302 e. The highest BCUT2D eigenvalue weighted by Gasteiger charge is 2.27. The molecule has 0 fully saturated rings. The molecule has 6 heteroatoms. The van der Waals surface area contributed by atoms with Gasteiger partial charge in [-0.15, -0.1) is 22.7 Å². The van der Waals surface area contributed by atoms with Crippen LogP contribution in [0.4, 0.5) is 5.13 Å². The number of rotatable bonds is 2. The number of hydrogen-bond donors (Lipinski definition) is 1. The summed E-state index contributed by atoms with van der Waals surface area (Å²) >= 11 is 3.17. The van der Waals surface area contributed by atoms with Crippen LogP contribution in [0.3, 0.4) is 0 Å². The first-order valence-electron chi connectivity index (χ1n) is 5.88. The zero-order chi connectivity index (χ0) is 12.5. The van der Waals surface area contributed by atoms with Gasteiger partial charge in [-0.1, -0.05) is 0 Å². The van der Waals surface area contributed by atoms with Crippen LogP contribution >= 0.6 is 22.7 Å². The van der Waals surface area contributed by atoms with Gasteiger partial charge in [0.05, 0.1) is 10.7 Å². The van der Waals surface area contributed by atoms with E-state index in [1.807, 2.05) is 12.3 Å². The average Bonchev–Trinajstić information content (AvgIpc) is 2.95. The molecule has 0 bridgehead atoms. The van der Waals surface area contributed by atoms with Crippen LogP contribution in [-0.2, 0) is 17.6 Å². The van der Waals surface area contributed by atoms with Crippen molar-refractivity contribution < 1.29 is 4.79 Å². The summed E-state index contributed by atoms with van der Waals surface area (Å²) in [7, 11) is 0. The van der Waals surface area contributed by atoms with E-state index in [9.17, 15) is 4.79 Å². The quantitative estimate of drug-likeness (QED) is 0.919. The molecule has 0 aromatic carbocycles. The summed E-state index contributed by atoms with van der Waals surface area (Å²) in [6, 6.07) is 0. The number of hydrogen-bond acceptors (Lipinski definition) is 5. The highest BCUT2D eigenvalue weighted by atomic mass is 32.1. The number of carbonyl (C=O) groups is 1. The fourth-order valence-corrected chi connectivity index (χ4v) is 3.81. The van der Waals surface area contributed by atoms with Gasteiger partial charge in [-0.25, -0.2) is 9.97 Å². The van der Waals surface area contributed by atoms with Gasteiger partial charge >= 0.3 is 0 Å². The van der Waals surface area contributed by atoms with E-state index in [4.69, 9.17) is 0 Å². The van der Waals surface area contributed by atoms with Gasteiger partial charge in [0.25, 0.3) is 0 Å². The molecule has 2 aromatic heterocycles. The number of fused-ring (bicyclic) bond motifs is 1. The van der Waals surface area contributed by atoms with Crippen molar-refractivity contribution in [1.29, 1.82) is 0 Å². The monoisotopic (exact) mass is 279 g/mol. The number of thiazole rings is 2. The number of nitrogens with zero attached hydrogens (tertiary/aromatic N) is 2. The van der Waals surface area contributed by atoms with E-state index in [1.165, 1.54) is 21.9 Å². The van der Waals surface area contributed by atoms with E-state index in [0.29, 0.717) is 5.13 Å². The molecule has 1 unspecified atom stereocenters. The summed E-state index contributed by atoms with van der Waals surface area (Å²) in [5.74, 6) is 0.142. The first-order valence-corrected chi connectivity index (χ1v) is 7.57. The lowest BCUT2D eigenvalue weighted by molar-refractivity contribution is -0.120. The Kier molecular flexibility index (Phi) is 3.13. The first kappa shape index (κ1) is 11.8. The fraction of sp³-hybridized carbons (Fsp3) is 0.417. The third-order valence-electron chi connectivity index (χ3n) is 3.08. The Morgan fingerprint density at radius 3 is 3.22 bits per heavy atom. The van der Waals surface area contributed by atoms with Crippen LogP contribution in [0.25, 0.3) is 0 Å². The lowest BCUT2D eigenvalue weighted by Gasteiger charge is -2.19. The molecule has 0 aliphatic heterocycles. The zero-order valence-corrected chi connectivity index (χ0v) is 11.6. The molecule has 2 aromatic rings. The molecule has 0 radical (unpaired) electrons. The van der Waals surface area contributed by atoms with Crippen molar-refractivity contribution in [2.45, 2.75) is 26.2 Å². The maximum Gasteiger partial charge on any atom is 0.229 e. The highest BCUT2D eigenvalue weighted by molar-refractivity contribution is 7.13. The fourth-order valence-electron chi connectivity index (χ4n) is 2.22. The molecule has 0 saturated carbocycles. The molecule has 94 valence electrons. The summed E-state index contributed by atoms with van der Waals surface area (Å²) in [6.45, 7) is 2.02. The third-order valence-corrected chi connectivity index (χ3v) is 4.80. The minimum absolute atomic E-state index is 0.0567. The van der Waals surface area contributed by atoms with Crippen LogP contribution in [0.5, 0.6) is 0 Å². The van der Waals surface area contributed by atoms with Gasteiger partial charge in [0.1, 0.15) is 0 Å². The van der Waals surface area contributed by atoms with E-state index in [0.717, 1.165) is 24.3 Å². The molecule has 0 spiro atoms. The molecule has 0 saturated heterocycles. The normalized spacial score (nSPS) is 18.4. The summed E-state index contributed by atoms with van der Waals surface area (Å²) < 4.78 is 0. The second-order valence-corrected chi connectivity index (χ2v) is 6.55. The Balaban J connectivity index is 1.70. The molecule has 1 aliphatic rings. The molecular weight excluding hydrogens is 266 g/mol. The maximum absolute atomic E-state index is 12.1. The van der Waals surface area contributed by atoms with Gasteiger partial charge in [0.15, 0.2) is 5.13 Å². The largest absolute Gasteiger partial charge is 0.302 e. The van der Waals surface area contributed by atoms with Crippen LogP contribution in [0.2, 0.25) is 0 Å². The Morgan fingerprint density at radius 1 is 1.56 bits per heavy atom. The van der Waals surface area contributed by atoms with Gasteiger partial charge < -0.3 is 5.32 Å². The zero-order valence-electron chi connectivity index (χ0n) is 9.97. The van der Waals surface area contributed by atoms with Crippen molar-refractivity contribution in [3.63, 3.8) is 0 Å². The van der Waals surface area contributed by atoms with Crippen LogP contribution < -0.4 is 5.32 Å². The smallest absolute Gasteiger partial charge is 0.229 e. The Labute approximate surface area is 113 Å². The SMILES string of the molecule is Cc1nc2c(s1)CC(C(=O)Nc1nccs1)CC2. The molecular formula is C12H13N3OS2. The van der Waals surface area contributed by atoms with Gasteiger partial charge in [0, 0.05) is 22.4 Å². The summed E-state index contributed by atoms with van der Waals surface area (Å²) in [4.78, 5) is 22.0. The van der Waals surface area contributed by atoms with Gasteiger partial charge in [-0.2, -0.15) is 0 Å². The Hall–Kier alpha value is -1.27. The summed E-state index contributed by atoms with van der Waals surface area (Å²) in [6.07, 6.45) is 4.31. The van der Waals surface area contributed by atoms with Gasteiger partial charge in [0.2, 0.25) is 5.91 Å². The standard InChI is InChI=1S/C12H13N3OS2/c1-7-14-9-3-2-8(6-10(9)18-7)11(16)15-12-13-4-5-17-12/h4-5,8H,2-3,6H2,1H3,(H,13,15,16). The predicted octanol–water partition coefficient (Wildman–Crippen LogP) is 2.65. The van der Waals surface area contributed by atoms with Crippen molar-refractivity contribution in [1.82, 2.24) is 9.97 Å². The number of aryl methyl sites for hydroxylation is 2. The van der Waals surface area contributed by atoms with Crippen LogP contribution in [0, 0.1) is 12.8 Å². The minimum atomic E-state index is 0.0567. The molecule has 3 rings (SSSR count). The van der Waals surface area contributed by atoms with E-state index in [1.54, 1.807) is 17.5 Å². The van der Waals surface area contributed by atoms with Crippen molar-refractivity contribution in [2.24, 2.45) is 5.92 Å². The average molecular weight is 279 g/mol. The van der Waals surface area contributed by atoms with Crippen molar-refractivity contribution >= 4 is 33.7 Å². The predicted molar refractivity (Wildman–Crippen MR) is 73.1 cm³/mol. The van der Waals surface area contributed by atoms with Crippen molar-refractivity contribution in [2.75, 3.05) is 5.32 Å². The summed E-state index contributed by atoms with van der Waals surface area (Å²) in [5, 5.41) is 6.53. The molecule has 1 aliphatic carbocycles. The molecule has 2 heterocycles. The Bertz CT molecular complexity index is 562. The van der Waals surface area contributed by atoms with Crippen LogP contribution in [0.1, 0.15) is 22.0 Å². The molecule has 1 N–H and O–H groups in total. The lowest BCUT2D eigenvalue weighted by atomic mass is 9.90. The maximum atomic E-state index is 12.1. The molecule has 1 atom stereocenters. The highest BCUT2D eigenvalue weighted by Crippen LogP contribution is 2.30. The van der Waals surface area contributed by atoms with Crippen molar-refractivity contribution in [3.8, 4) is 0 Å². The van der Waals surface area contributed by atoms with Crippen LogP contribution in [0.15, 0.2) is 11.6 Å². The van der Waals surface area contributed by atoms with Gasteiger partial charge in [-0.05, 0) is 26.2 Å². The number of aromatic nitrogens is 2. The molecule has 18 heavy (non-hydrogen) atoms. The first-order chi connectivity index (χ1) is 8.72. The number of anilines is 1. The number of nitrogens with one attached hydrogen (secondary N) is 1. The second-order valence-electron chi connectivity index (χ2n) is 4.37. The topological polar surface area (TPSA) is 54.9 Å². The molecule has 4 nitrogen and oxygen atoms in total. The van der Waals surface area contributed by atoms with Crippen LogP contribution in [-0.4, -0.2) is 15.9 Å². The Morgan fingerprint density at radius 2 is 2.44 bits per heavy atom. The van der Waals surface area contributed by atoms with E-state index >= 15 is 0 Å². The van der Waals surface area contributed by atoms with E-state index in [2.05, 4.69) is 15.3 Å². The number of carbonyl (C=O) groups excluding carboxylic acids is 1.